The van der Waals surface area contributed by atoms with Gasteiger partial charge < -0.3 is 15.1 Å². The van der Waals surface area contributed by atoms with Gasteiger partial charge in [0.05, 0.1) is 18.0 Å². The summed E-state index contributed by atoms with van der Waals surface area (Å²) < 4.78 is 26.5. The zero-order chi connectivity index (χ0) is 20.7. The third kappa shape index (κ3) is 6.56. The lowest BCUT2D eigenvalue weighted by molar-refractivity contribution is -1.02. The Balaban J connectivity index is 1.36. The minimum Gasteiger partial charge on any atom is -0.332 e. The van der Waals surface area contributed by atoms with Crippen molar-refractivity contribution in [1.29, 1.82) is 0 Å². The Morgan fingerprint density at radius 1 is 0.931 bits per heavy atom. The maximum atomic E-state index is 12.2. The maximum Gasteiger partial charge on any atom is 0.328 e. The van der Waals surface area contributed by atoms with Crippen molar-refractivity contribution in [3.05, 3.63) is 65.7 Å². The van der Waals surface area contributed by atoms with Crippen molar-refractivity contribution in [2.24, 2.45) is 0 Å². The molecule has 1 aliphatic heterocycles. The molecule has 2 aromatic carbocycles. The van der Waals surface area contributed by atoms with Crippen molar-refractivity contribution in [2.75, 3.05) is 39.3 Å². The van der Waals surface area contributed by atoms with Crippen LogP contribution in [0.5, 0.6) is 0 Å². The van der Waals surface area contributed by atoms with Crippen LogP contribution in [-0.2, 0) is 16.6 Å². The van der Waals surface area contributed by atoms with E-state index < -0.39 is 16.1 Å². The van der Waals surface area contributed by atoms with Crippen molar-refractivity contribution in [3.8, 4) is 0 Å². The van der Waals surface area contributed by atoms with Crippen LogP contribution >= 0.6 is 0 Å². The van der Waals surface area contributed by atoms with Gasteiger partial charge in [-0.05, 0) is 19.1 Å². The van der Waals surface area contributed by atoms with E-state index in [-0.39, 0.29) is 4.90 Å². The zero-order valence-electron chi connectivity index (χ0n) is 16.8. The van der Waals surface area contributed by atoms with Crippen molar-refractivity contribution >= 4 is 16.1 Å². The number of sulfonamides is 1. The first kappa shape index (κ1) is 21.3. The number of nitrogens with one attached hydrogen (secondary N) is 4. The Hall–Kier alpha value is -2.42. The van der Waals surface area contributed by atoms with Crippen LogP contribution in [0.15, 0.2) is 59.5 Å². The van der Waals surface area contributed by atoms with Crippen LogP contribution in [-0.4, -0.2) is 53.7 Å². The molecule has 0 atom stereocenters. The van der Waals surface area contributed by atoms with Gasteiger partial charge >= 0.3 is 6.03 Å². The highest BCUT2D eigenvalue weighted by molar-refractivity contribution is 7.90. The quantitative estimate of drug-likeness (QED) is 0.464. The van der Waals surface area contributed by atoms with Crippen LogP contribution in [0.2, 0.25) is 0 Å². The molecular formula is C21H30N4O3S+2. The van der Waals surface area contributed by atoms with Crippen LogP contribution < -0.4 is 19.8 Å². The number of amides is 2. The summed E-state index contributed by atoms with van der Waals surface area (Å²) in [6.07, 6.45) is 0. The number of hydrogen-bond acceptors (Lipinski definition) is 3. The number of piperazine rings is 1. The molecule has 1 heterocycles. The van der Waals surface area contributed by atoms with Gasteiger partial charge in [-0.1, -0.05) is 48.0 Å². The average molecular weight is 419 g/mol. The Kier molecular flexibility index (Phi) is 7.24. The average Bonchev–Trinajstić information content (AvgIpc) is 2.70. The van der Waals surface area contributed by atoms with E-state index in [0.717, 1.165) is 44.8 Å². The van der Waals surface area contributed by atoms with E-state index in [1.807, 2.05) is 13.0 Å². The van der Waals surface area contributed by atoms with Crippen LogP contribution in [0.1, 0.15) is 11.1 Å². The van der Waals surface area contributed by atoms with Crippen molar-refractivity contribution in [1.82, 2.24) is 10.0 Å². The molecule has 0 saturated carbocycles. The number of urea groups is 1. The number of hydrogen-bond donors (Lipinski definition) is 4. The molecular weight excluding hydrogens is 388 g/mol. The summed E-state index contributed by atoms with van der Waals surface area (Å²) in [5.41, 5.74) is 2.32. The molecule has 1 saturated heterocycles. The molecule has 156 valence electrons. The standard InChI is InChI=1S/C21H28N4O3S/c1-18-7-9-20(10-8-18)29(27,28)23-21(26)22-11-12-24-13-15-25(16-14-24)17-19-5-3-2-4-6-19/h2-10H,11-17H2,1H3,(H2,22,23,26)/p+2. The van der Waals surface area contributed by atoms with Gasteiger partial charge in [0.25, 0.3) is 10.0 Å². The van der Waals surface area contributed by atoms with E-state index in [1.165, 1.54) is 22.6 Å². The van der Waals surface area contributed by atoms with Crippen LogP contribution in [0.4, 0.5) is 4.79 Å². The highest BCUT2D eigenvalue weighted by Crippen LogP contribution is 2.09. The highest BCUT2D eigenvalue weighted by Gasteiger charge is 2.23. The zero-order valence-corrected chi connectivity index (χ0v) is 17.6. The van der Waals surface area contributed by atoms with Gasteiger partial charge in [-0.25, -0.2) is 17.9 Å². The SMILES string of the molecule is Cc1ccc(S(=O)(=O)NC(=O)NCC[NH+]2CC[NH+](Cc3ccccc3)CC2)cc1. The van der Waals surface area contributed by atoms with Gasteiger partial charge in [-0.15, -0.1) is 0 Å². The molecule has 1 fully saturated rings. The highest BCUT2D eigenvalue weighted by atomic mass is 32.2. The fourth-order valence-corrected chi connectivity index (χ4v) is 4.48. The topological polar surface area (TPSA) is 84.1 Å². The molecule has 0 spiro atoms. The smallest absolute Gasteiger partial charge is 0.328 e. The van der Waals surface area contributed by atoms with Crippen LogP contribution in [0, 0.1) is 6.92 Å². The van der Waals surface area contributed by atoms with E-state index in [2.05, 4.69) is 34.3 Å². The van der Waals surface area contributed by atoms with E-state index in [0.29, 0.717) is 6.54 Å². The summed E-state index contributed by atoms with van der Waals surface area (Å²) in [4.78, 5) is 15.1. The molecule has 3 rings (SSSR count). The summed E-state index contributed by atoms with van der Waals surface area (Å²) >= 11 is 0. The van der Waals surface area contributed by atoms with Crippen LogP contribution in [0.3, 0.4) is 0 Å². The number of carbonyl (C=O) groups is 1. The van der Waals surface area contributed by atoms with Gasteiger partial charge in [-0.3, -0.25) is 0 Å². The molecule has 2 amide bonds. The molecule has 0 aromatic heterocycles. The number of rotatable bonds is 7. The number of benzene rings is 2. The normalized spacial score (nSPS) is 19.5. The molecule has 7 nitrogen and oxygen atoms in total. The van der Waals surface area contributed by atoms with Crippen molar-refractivity contribution in [2.45, 2.75) is 18.4 Å². The summed E-state index contributed by atoms with van der Waals surface area (Å²) in [5, 5.41) is 2.66. The Bertz CT molecular complexity index is 893. The molecule has 0 bridgehead atoms. The number of quaternary nitrogens is 2. The van der Waals surface area contributed by atoms with E-state index >= 15 is 0 Å². The molecule has 0 radical (unpaired) electrons. The van der Waals surface area contributed by atoms with Gasteiger partial charge in [0.15, 0.2) is 0 Å². The largest absolute Gasteiger partial charge is 0.332 e. The maximum absolute atomic E-state index is 12.2. The lowest BCUT2D eigenvalue weighted by Crippen LogP contribution is -3.27. The summed E-state index contributed by atoms with van der Waals surface area (Å²) in [6, 6.07) is 16.2. The molecule has 8 heteroatoms. The fraction of sp³-hybridized carbons (Fsp3) is 0.381. The first-order valence-electron chi connectivity index (χ1n) is 10.0. The van der Waals surface area contributed by atoms with Gasteiger partial charge in [0.2, 0.25) is 0 Å². The summed E-state index contributed by atoms with van der Waals surface area (Å²) in [7, 11) is -3.84. The molecule has 1 aliphatic rings. The van der Waals surface area contributed by atoms with E-state index in [4.69, 9.17) is 0 Å². The lowest BCUT2D eigenvalue weighted by atomic mass is 10.2. The predicted molar refractivity (Wildman–Crippen MR) is 111 cm³/mol. The van der Waals surface area contributed by atoms with Gasteiger partial charge in [0, 0.05) is 5.56 Å². The molecule has 0 unspecified atom stereocenters. The minimum absolute atomic E-state index is 0.0846. The Morgan fingerprint density at radius 2 is 1.55 bits per heavy atom. The molecule has 29 heavy (non-hydrogen) atoms. The number of carbonyl (C=O) groups excluding carboxylic acids is 1. The molecule has 4 N–H and O–H groups in total. The molecule has 2 aromatic rings. The predicted octanol–water partition coefficient (Wildman–Crippen LogP) is -1.03. The third-order valence-electron chi connectivity index (χ3n) is 5.28. The van der Waals surface area contributed by atoms with Crippen molar-refractivity contribution < 1.29 is 23.0 Å². The second-order valence-electron chi connectivity index (χ2n) is 7.59. The molecule has 0 aliphatic carbocycles. The third-order valence-corrected chi connectivity index (χ3v) is 6.63. The monoisotopic (exact) mass is 418 g/mol. The fourth-order valence-electron chi connectivity index (χ4n) is 3.56. The van der Waals surface area contributed by atoms with E-state index in [1.54, 1.807) is 17.0 Å². The van der Waals surface area contributed by atoms with Crippen LogP contribution in [0.25, 0.3) is 0 Å². The van der Waals surface area contributed by atoms with Gasteiger partial charge in [0.1, 0.15) is 32.7 Å². The second-order valence-corrected chi connectivity index (χ2v) is 9.27. The first-order chi connectivity index (χ1) is 13.9. The first-order valence-corrected chi connectivity index (χ1v) is 11.5. The summed E-state index contributed by atoms with van der Waals surface area (Å²) in [6.45, 7) is 8.44. The Morgan fingerprint density at radius 3 is 2.21 bits per heavy atom. The van der Waals surface area contributed by atoms with Gasteiger partial charge in [-0.2, -0.15) is 0 Å². The lowest BCUT2D eigenvalue weighted by Gasteiger charge is -2.29. The second kappa shape index (κ2) is 9.87. The number of aryl methyl sites for hydroxylation is 1. The Labute approximate surface area is 172 Å². The summed E-state index contributed by atoms with van der Waals surface area (Å²) in [5.74, 6) is 0. The van der Waals surface area contributed by atoms with E-state index in [9.17, 15) is 13.2 Å². The van der Waals surface area contributed by atoms with Crippen molar-refractivity contribution in [3.63, 3.8) is 0 Å². The minimum atomic E-state index is -3.84.